The summed E-state index contributed by atoms with van der Waals surface area (Å²) >= 11 is 0. The van der Waals surface area contributed by atoms with Gasteiger partial charge < -0.3 is 19.7 Å². The first-order valence-electron chi connectivity index (χ1n) is 8.83. The van der Waals surface area contributed by atoms with Gasteiger partial charge in [-0.3, -0.25) is 9.59 Å². The van der Waals surface area contributed by atoms with Crippen LogP contribution in [0.2, 0.25) is 0 Å². The molecule has 1 aliphatic heterocycles. The minimum absolute atomic E-state index is 0.311. The Hall–Kier alpha value is -2.76. The molecule has 1 aromatic heterocycles. The highest BCUT2D eigenvalue weighted by Gasteiger charge is 2.29. The van der Waals surface area contributed by atoms with E-state index < -0.39 is 17.9 Å². The zero-order valence-electron chi connectivity index (χ0n) is 15.2. The van der Waals surface area contributed by atoms with E-state index in [1.165, 1.54) is 11.8 Å². The van der Waals surface area contributed by atoms with Gasteiger partial charge in [-0.15, -0.1) is 0 Å². The second-order valence-corrected chi connectivity index (χ2v) is 6.96. The molecule has 0 saturated carbocycles. The fraction of sp³-hybridized carbons (Fsp3) is 0.400. The number of para-hydroxylation sites is 1. The van der Waals surface area contributed by atoms with E-state index in [0.717, 1.165) is 12.1 Å². The van der Waals surface area contributed by atoms with E-state index in [2.05, 4.69) is 29.3 Å². The second kappa shape index (κ2) is 7.23. The summed E-state index contributed by atoms with van der Waals surface area (Å²) in [6.07, 6.45) is 2.47. The lowest BCUT2D eigenvalue weighted by atomic mass is 10.0. The van der Waals surface area contributed by atoms with Crippen molar-refractivity contribution in [3.8, 4) is 0 Å². The minimum Gasteiger partial charge on any atom is -0.481 e. The zero-order chi connectivity index (χ0) is 18.8. The van der Waals surface area contributed by atoms with Crippen LogP contribution in [0.15, 0.2) is 41.0 Å². The summed E-state index contributed by atoms with van der Waals surface area (Å²) in [5.41, 5.74) is 2.91. The number of benzene rings is 1. The number of carbonyl (C=O) groups is 2. The van der Waals surface area contributed by atoms with Gasteiger partial charge in [0.15, 0.2) is 0 Å². The Bertz CT molecular complexity index is 814. The van der Waals surface area contributed by atoms with E-state index in [1.54, 1.807) is 19.9 Å². The number of nitrogens with zero attached hydrogens (tertiary/aromatic N) is 1. The highest BCUT2D eigenvalue weighted by molar-refractivity contribution is 5.95. The van der Waals surface area contributed by atoms with E-state index in [-0.39, 0.29) is 5.91 Å². The van der Waals surface area contributed by atoms with Crippen LogP contribution in [-0.2, 0) is 17.8 Å². The van der Waals surface area contributed by atoms with E-state index in [0.29, 0.717) is 23.9 Å². The Labute approximate surface area is 152 Å². The van der Waals surface area contributed by atoms with Crippen molar-refractivity contribution in [2.75, 3.05) is 4.90 Å². The molecular formula is C20H24N2O4. The lowest BCUT2D eigenvalue weighted by molar-refractivity contribution is -0.141. The third-order valence-electron chi connectivity index (χ3n) is 5.15. The summed E-state index contributed by atoms with van der Waals surface area (Å²) < 4.78 is 5.58. The van der Waals surface area contributed by atoms with Gasteiger partial charge in [0, 0.05) is 17.8 Å². The molecule has 3 atom stereocenters. The zero-order valence-corrected chi connectivity index (χ0v) is 15.2. The van der Waals surface area contributed by atoms with Crippen LogP contribution in [0.1, 0.15) is 42.5 Å². The molecule has 138 valence electrons. The van der Waals surface area contributed by atoms with Gasteiger partial charge >= 0.3 is 5.97 Å². The topological polar surface area (TPSA) is 82.8 Å². The van der Waals surface area contributed by atoms with E-state index in [1.807, 2.05) is 12.1 Å². The molecule has 1 aromatic carbocycles. The van der Waals surface area contributed by atoms with E-state index >= 15 is 0 Å². The maximum Gasteiger partial charge on any atom is 0.308 e. The number of carboxylic acids is 1. The number of amides is 1. The van der Waals surface area contributed by atoms with Gasteiger partial charge in [-0.1, -0.05) is 18.2 Å². The molecule has 2 N–H and O–H groups in total. The summed E-state index contributed by atoms with van der Waals surface area (Å²) in [5, 5.41) is 11.8. The molecule has 1 amide bonds. The number of carbonyl (C=O) groups excluding carboxylic acids is 1. The molecule has 3 rings (SSSR count). The summed E-state index contributed by atoms with van der Waals surface area (Å²) in [5.74, 6) is -1.33. The van der Waals surface area contributed by atoms with Crippen LogP contribution in [0.5, 0.6) is 0 Å². The maximum absolute atomic E-state index is 12.6. The fourth-order valence-electron chi connectivity index (χ4n) is 3.31. The number of anilines is 1. The smallest absolute Gasteiger partial charge is 0.308 e. The standard InChI is InChI=1S/C20H24N2O4/c1-12-10-15-6-4-5-7-17(15)22(12)11-18-16(8-9-26-18)19(23)21-14(3)13(2)20(24)25/h4-9,12-14H,10-11H2,1-3H3,(H,21,23)(H,24,25). The van der Waals surface area contributed by atoms with Gasteiger partial charge in [-0.2, -0.15) is 0 Å². The van der Waals surface area contributed by atoms with Gasteiger partial charge in [-0.25, -0.2) is 0 Å². The van der Waals surface area contributed by atoms with Gasteiger partial charge in [-0.05, 0) is 44.9 Å². The van der Waals surface area contributed by atoms with Crippen LogP contribution >= 0.6 is 0 Å². The molecule has 1 aliphatic rings. The Morgan fingerprint density at radius 2 is 2.04 bits per heavy atom. The first kappa shape index (κ1) is 18.0. The molecule has 2 aromatic rings. The summed E-state index contributed by atoms with van der Waals surface area (Å²) in [4.78, 5) is 25.9. The van der Waals surface area contributed by atoms with Crippen LogP contribution in [-0.4, -0.2) is 29.1 Å². The number of aliphatic carboxylic acids is 1. The monoisotopic (exact) mass is 356 g/mol. The van der Waals surface area contributed by atoms with Crippen molar-refractivity contribution in [3.63, 3.8) is 0 Å². The molecule has 0 bridgehead atoms. The molecule has 0 spiro atoms. The van der Waals surface area contributed by atoms with Crippen molar-refractivity contribution >= 4 is 17.6 Å². The van der Waals surface area contributed by atoms with Crippen LogP contribution in [0.25, 0.3) is 0 Å². The first-order valence-corrected chi connectivity index (χ1v) is 8.83. The molecule has 0 fully saturated rings. The summed E-state index contributed by atoms with van der Waals surface area (Å²) in [7, 11) is 0. The number of fused-ring (bicyclic) bond motifs is 1. The quantitative estimate of drug-likeness (QED) is 0.831. The predicted molar refractivity (Wildman–Crippen MR) is 98.2 cm³/mol. The third-order valence-corrected chi connectivity index (χ3v) is 5.15. The van der Waals surface area contributed by atoms with Gasteiger partial charge in [0.05, 0.1) is 24.3 Å². The minimum atomic E-state index is -0.937. The molecular weight excluding hydrogens is 332 g/mol. The van der Waals surface area contributed by atoms with Crippen LogP contribution in [0.4, 0.5) is 5.69 Å². The number of nitrogens with one attached hydrogen (secondary N) is 1. The molecule has 26 heavy (non-hydrogen) atoms. The Morgan fingerprint density at radius 3 is 2.77 bits per heavy atom. The number of hydrogen-bond acceptors (Lipinski definition) is 4. The second-order valence-electron chi connectivity index (χ2n) is 6.96. The van der Waals surface area contributed by atoms with Crippen LogP contribution in [0.3, 0.4) is 0 Å². The van der Waals surface area contributed by atoms with Crippen molar-refractivity contribution in [1.29, 1.82) is 0 Å². The van der Waals surface area contributed by atoms with Crippen LogP contribution in [0, 0.1) is 5.92 Å². The number of rotatable bonds is 6. The normalized spacial score (nSPS) is 18.3. The average molecular weight is 356 g/mol. The highest BCUT2D eigenvalue weighted by Crippen LogP contribution is 2.33. The van der Waals surface area contributed by atoms with Gasteiger partial charge in [0.2, 0.25) is 0 Å². The molecule has 0 aliphatic carbocycles. The van der Waals surface area contributed by atoms with Crippen molar-refractivity contribution in [2.24, 2.45) is 5.92 Å². The van der Waals surface area contributed by atoms with E-state index in [4.69, 9.17) is 9.52 Å². The molecule has 3 unspecified atom stereocenters. The Morgan fingerprint density at radius 1 is 1.31 bits per heavy atom. The highest BCUT2D eigenvalue weighted by atomic mass is 16.4. The first-order chi connectivity index (χ1) is 12.4. The number of carboxylic acid groups (broad SMARTS) is 1. The summed E-state index contributed by atoms with van der Waals surface area (Å²) in [6, 6.07) is 9.72. The number of furan rings is 1. The van der Waals surface area contributed by atoms with Gasteiger partial charge in [0.25, 0.3) is 5.91 Å². The van der Waals surface area contributed by atoms with Crippen molar-refractivity contribution in [3.05, 3.63) is 53.5 Å². The molecule has 0 saturated heterocycles. The van der Waals surface area contributed by atoms with Crippen LogP contribution < -0.4 is 10.2 Å². The fourth-order valence-corrected chi connectivity index (χ4v) is 3.31. The molecule has 0 radical (unpaired) electrons. The Kier molecular flexibility index (Phi) is 5.02. The van der Waals surface area contributed by atoms with Crippen molar-refractivity contribution in [1.82, 2.24) is 5.32 Å². The van der Waals surface area contributed by atoms with E-state index in [9.17, 15) is 9.59 Å². The molecule has 6 heteroatoms. The predicted octanol–water partition coefficient (Wildman–Crippen LogP) is 3.07. The SMILES string of the molecule is CC(NC(=O)c1ccoc1CN1c2ccccc2CC1C)C(C)C(=O)O. The largest absolute Gasteiger partial charge is 0.481 e. The lowest BCUT2D eigenvalue weighted by Gasteiger charge is -2.24. The molecule has 6 nitrogen and oxygen atoms in total. The summed E-state index contributed by atoms with van der Waals surface area (Å²) in [6.45, 7) is 5.91. The molecule has 2 heterocycles. The maximum atomic E-state index is 12.6. The van der Waals surface area contributed by atoms with Gasteiger partial charge in [0.1, 0.15) is 5.76 Å². The number of hydrogen-bond donors (Lipinski definition) is 2. The average Bonchev–Trinajstić information content (AvgIpc) is 3.19. The van der Waals surface area contributed by atoms with Crippen molar-refractivity contribution < 1.29 is 19.1 Å². The lowest BCUT2D eigenvalue weighted by Crippen LogP contribution is -2.40. The Balaban J connectivity index is 1.75. The third kappa shape index (κ3) is 3.45. The van der Waals surface area contributed by atoms with Crippen molar-refractivity contribution in [2.45, 2.75) is 45.8 Å².